The van der Waals surface area contributed by atoms with Crippen molar-refractivity contribution in [1.29, 1.82) is 0 Å². The number of benzene rings is 1. The first-order chi connectivity index (χ1) is 13.6. The van der Waals surface area contributed by atoms with Crippen molar-refractivity contribution < 1.29 is 14.3 Å². The van der Waals surface area contributed by atoms with Gasteiger partial charge in [0.05, 0.1) is 30.1 Å². The Morgan fingerprint density at radius 1 is 1.29 bits per heavy atom. The normalized spacial score (nSPS) is 19.8. The molecule has 0 N–H and O–H groups in total. The molecular formula is C16H16N8O4. The Balaban J connectivity index is 1.55. The molecule has 28 heavy (non-hydrogen) atoms. The summed E-state index contributed by atoms with van der Waals surface area (Å²) in [6.07, 6.45) is 0.978. The quantitative estimate of drug-likeness (QED) is 0.571. The molecule has 5 rings (SSSR count). The van der Waals surface area contributed by atoms with Crippen molar-refractivity contribution in [3.63, 3.8) is 0 Å². The van der Waals surface area contributed by atoms with Gasteiger partial charge >= 0.3 is 0 Å². The molecule has 2 aliphatic heterocycles. The Morgan fingerprint density at radius 3 is 3.00 bits per heavy atom. The highest BCUT2D eigenvalue weighted by Crippen LogP contribution is 2.31. The predicted molar refractivity (Wildman–Crippen MR) is 92.6 cm³/mol. The first-order valence-electron chi connectivity index (χ1n) is 8.81. The number of rotatable bonds is 3. The molecule has 144 valence electrons. The number of morpholine rings is 1. The third-order valence-corrected chi connectivity index (χ3v) is 4.88. The Kier molecular flexibility index (Phi) is 3.79. The first kappa shape index (κ1) is 16.7. The molecule has 0 radical (unpaired) electrons. The molecule has 0 spiro atoms. The van der Waals surface area contributed by atoms with Crippen molar-refractivity contribution in [2.75, 3.05) is 19.8 Å². The van der Waals surface area contributed by atoms with Gasteiger partial charge in [-0.3, -0.25) is 14.5 Å². The summed E-state index contributed by atoms with van der Waals surface area (Å²) < 4.78 is 14.1. The molecule has 1 amide bonds. The van der Waals surface area contributed by atoms with E-state index in [0.29, 0.717) is 48.5 Å². The van der Waals surface area contributed by atoms with Crippen LogP contribution in [-0.2, 0) is 11.3 Å². The third-order valence-electron chi connectivity index (χ3n) is 4.88. The van der Waals surface area contributed by atoms with Gasteiger partial charge in [-0.2, -0.15) is 0 Å². The van der Waals surface area contributed by atoms with Gasteiger partial charge < -0.3 is 9.47 Å². The van der Waals surface area contributed by atoms with Crippen LogP contribution in [0, 0.1) is 0 Å². The maximum atomic E-state index is 13.0. The van der Waals surface area contributed by atoms with Crippen molar-refractivity contribution in [1.82, 2.24) is 40.1 Å². The predicted octanol–water partition coefficient (Wildman–Crippen LogP) is -0.770. The van der Waals surface area contributed by atoms with E-state index in [2.05, 4.69) is 25.8 Å². The molecule has 3 aromatic rings. The van der Waals surface area contributed by atoms with E-state index in [1.807, 2.05) is 6.92 Å². The summed E-state index contributed by atoms with van der Waals surface area (Å²) in [6.45, 7) is 3.41. The van der Waals surface area contributed by atoms with Crippen LogP contribution in [0.2, 0.25) is 0 Å². The van der Waals surface area contributed by atoms with Gasteiger partial charge in [0.25, 0.3) is 11.5 Å². The van der Waals surface area contributed by atoms with Crippen LogP contribution in [-0.4, -0.2) is 72.0 Å². The smallest absolute Gasteiger partial charge is 0.278 e. The van der Waals surface area contributed by atoms with Crippen molar-refractivity contribution in [3.05, 3.63) is 34.4 Å². The SMILES string of the molecule is C[C@H](Cn1cnnn1)n1nnc2cc3c(cc2c1=O)OC1COCCN1C3=O. The standard InChI is InChI=1S/C16H16N8O4/c1-9(6-22-8-17-19-21-22)24-16(26)10-5-13-11(4-12(10)18-20-24)15(25)23-2-3-27-7-14(23)28-13/h4-5,8-9,14H,2-3,6-7H2,1H3/t9-,14?/m1/s1. The molecule has 0 aliphatic carbocycles. The van der Waals surface area contributed by atoms with Gasteiger partial charge in [0.2, 0.25) is 0 Å². The second-order valence-corrected chi connectivity index (χ2v) is 6.73. The summed E-state index contributed by atoms with van der Waals surface area (Å²) in [5.74, 6) is 0.198. The molecule has 12 nitrogen and oxygen atoms in total. The zero-order chi connectivity index (χ0) is 19.3. The van der Waals surface area contributed by atoms with Gasteiger partial charge in [0.15, 0.2) is 6.23 Å². The number of hydrogen-bond acceptors (Lipinski definition) is 9. The van der Waals surface area contributed by atoms with Crippen LogP contribution < -0.4 is 10.3 Å². The molecule has 4 heterocycles. The molecular weight excluding hydrogens is 368 g/mol. The number of tetrazole rings is 1. The zero-order valence-electron chi connectivity index (χ0n) is 14.9. The molecule has 0 saturated carbocycles. The lowest BCUT2D eigenvalue weighted by Crippen LogP contribution is -2.54. The van der Waals surface area contributed by atoms with E-state index in [9.17, 15) is 9.59 Å². The van der Waals surface area contributed by atoms with Gasteiger partial charge in [-0.05, 0) is 29.5 Å². The second kappa shape index (κ2) is 6.34. The molecule has 2 aliphatic rings. The van der Waals surface area contributed by atoms with Crippen LogP contribution in [0.4, 0.5) is 0 Å². The number of carbonyl (C=O) groups excluding carboxylic acids is 1. The van der Waals surface area contributed by atoms with Crippen molar-refractivity contribution in [3.8, 4) is 5.75 Å². The number of ether oxygens (including phenoxy) is 2. The average Bonchev–Trinajstić information content (AvgIpc) is 3.21. The molecule has 2 atom stereocenters. The van der Waals surface area contributed by atoms with E-state index in [0.717, 1.165) is 0 Å². The summed E-state index contributed by atoms with van der Waals surface area (Å²) in [5, 5.41) is 19.4. The minimum Gasteiger partial charge on any atom is -0.467 e. The highest BCUT2D eigenvalue weighted by atomic mass is 16.6. The minimum atomic E-state index is -0.484. The molecule has 1 fully saturated rings. The fourth-order valence-corrected chi connectivity index (χ4v) is 3.46. The molecule has 12 heteroatoms. The highest BCUT2D eigenvalue weighted by Gasteiger charge is 2.36. The topological polar surface area (TPSA) is 130 Å². The van der Waals surface area contributed by atoms with Gasteiger partial charge in [-0.1, -0.05) is 5.21 Å². The van der Waals surface area contributed by atoms with Crippen LogP contribution >= 0.6 is 0 Å². The van der Waals surface area contributed by atoms with Crippen LogP contribution in [0.3, 0.4) is 0 Å². The van der Waals surface area contributed by atoms with Crippen molar-refractivity contribution in [2.45, 2.75) is 25.7 Å². The number of carbonyl (C=O) groups is 1. The van der Waals surface area contributed by atoms with E-state index in [4.69, 9.17) is 9.47 Å². The van der Waals surface area contributed by atoms with E-state index in [-0.39, 0.29) is 17.5 Å². The van der Waals surface area contributed by atoms with Gasteiger partial charge in [0, 0.05) is 6.54 Å². The number of nitrogens with zero attached hydrogens (tertiary/aromatic N) is 8. The Bertz CT molecular complexity index is 1110. The van der Waals surface area contributed by atoms with Crippen molar-refractivity contribution >= 4 is 16.8 Å². The minimum absolute atomic E-state index is 0.158. The molecule has 0 bridgehead atoms. The maximum absolute atomic E-state index is 13.0. The van der Waals surface area contributed by atoms with Crippen LogP contribution in [0.25, 0.3) is 10.9 Å². The largest absolute Gasteiger partial charge is 0.467 e. The first-order valence-corrected chi connectivity index (χ1v) is 8.81. The highest BCUT2D eigenvalue weighted by molar-refractivity contribution is 6.01. The summed E-state index contributed by atoms with van der Waals surface area (Å²) in [5.41, 5.74) is 0.392. The van der Waals surface area contributed by atoms with Gasteiger partial charge in [-0.15, -0.1) is 10.2 Å². The fraction of sp³-hybridized carbons (Fsp3) is 0.438. The number of fused-ring (bicyclic) bond motifs is 3. The lowest BCUT2D eigenvalue weighted by Gasteiger charge is -2.39. The number of hydrogen-bond donors (Lipinski definition) is 0. The van der Waals surface area contributed by atoms with Crippen LogP contribution in [0.5, 0.6) is 5.75 Å². The monoisotopic (exact) mass is 384 g/mol. The van der Waals surface area contributed by atoms with Gasteiger partial charge in [-0.25, -0.2) is 9.36 Å². The molecule has 1 unspecified atom stereocenters. The number of aromatic nitrogens is 7. The Morgan fingerprint density at radius 2 is 2.18 bits per heavy atom. The fourth-order valence-electron chi connectivity index (χ4n) is 3.46. The van der Waals surface area contributed by atoms with Crippen molar-refractivity contribution in [2.24, 2.45) is 0 Å². The maximum Gasteiger partial charge on any atom is 0.278 e. The van der Waals surface area contributed by atoms with E-state index in [1.54, 1.807) is 17.0 Å². The summed E-state index contributed by atoms with van der Waals surface area (Å²) in [7, 11) is 0. The third kappa shape index (κ3) is 2.60. The van der Waals surface area contributed by atoms with Gasteiger partial charge in [0.1, 0.15) is 24.2 Å². The van der Waals surface area contributed by atoms with Crippen LogP contribution in [0.1, 0.15) is 23.3 Å². The second-order valence-electron chi connectivity index (χ2n) is 6.73. The summed E-state index contributed by atoms with van der Waals surface area (Å²) >= 11 is 0. The zero-order valence-corrected chi connectivity index (χ0v) is 14.9. The summed E-state index contributed by atoms with van der Waals surface area (Å²) in [6, 6.07) is 2.79. The van der Waals surface area contributed by atoms with E-state index < -0.39 is 6.23 Å². The lowest BCUT2D eigenvalue weighted by molar-refractivity contribution is -0.0813. The Labute approximate surface area is 157 Å². The number of amides is 1. The van der Waals surface area contributed by atoms with E-state index in [1.165, 1.54) is 15.7 Å². The summed E-state index contributed by atoms with van der Waals surface area (Å²) in [4.78, 5) is 27.4. The molecule has 2 aromatic heterocycles. The van der Waals surface area contributed by atoms with E-state index >= 15 is 0 Å². The molecule has 1 aromatic carbocycles. The molecule has 1 saturated heterocycles. The lowest BCUT2D eigenvalue weighted by atomic mass is 10.1. The Hall–Kier alpha value is -3.41. The van der Waals surface area contributed by atoms with Crippen LogP contribution in [0.15, 0.2) is 23.3 Å². The average molecular weight is 384 g/mol.